The van der Waals surface area contributed by atoms with Crippen LogP contribution in [0.5, 0.6) is 0 Å². The maximum Gasteiger partial charge on any atom is 0.410 e. The van der Waals surface area contributed by atoms with E-state index in [1.807, 2.05) is 20.8 Å². The highest BCUT2D eigenvalue weighted by Crippen LogP contribution is 2.25. The molecule has 1 aromatic heterocycles. The third-order valence-electron chi connectivity index (χ3n) is 2.93. The van der Waals surface area contributed by atoms with Crippen LogP contribution in [0.25, 0.3) is 0 Å². The molecule has 7 heteroatoms. The molecule has 20 heavy (non-hydrogen) atoms. The maximum absolute atomic E-state index is 12.1. The summed E-state index contributed by atoms with van der Waals surface area (Å²) in [6.07, 6.45) is 2.34. The molecule has 1 aliphatic rings. The smallest absolute Gasteiger partial charge is 0.410 e. The van der Waals surface area contributed by atoms with Crippen LogP contribution in [0.4, 0.5) is 14.9 Å². The second-order valence-electron chi connectivity index (χ2n) is 5.85. The van der Waals surface area contributed by atoms with Gasteiger partial charge >= 0.3 is 6.09 Å². The lowest BCUT2D eigenvalue weighted by atomic mass is 10.2. The highest BCUT2D eigenvalue weighted by atomic mass is 32.1. The number of thiazole rings is 1. The van der Waals surface area contributed by atoms with E-state index in [2.05, 4.69) is 9.88 Å². The average Bonchev–Trinajstić information content (AvgIpc) is 2.62. The quantitative estimate of drug-likeness (QED) is 0.860. The van der Waals surface area contributed by atoms with Gasteiger partial charge in [0.05, 0.1) is 6.20 Å². The largest absolute Gasteiger partial charge is 0.444 e. The molecule has 0 bridgehead atoms. The Morgan fingerprint density at radius 2 is 2.10 bits per heavy atom. The van der Waals surface area contributed by atoms with Gasteiger partial charge < -0.3 is 20.3 Å². The first-order chi connectivity index (χ1) is 9.35. The summed E-state index contributed by atoms with van der Waals surface area (Å²) in [7, 11) is 0. The van der Waals surface area contributed by atoms with Crippen molar-refractivity contribution in [3.63, 3.8) is 0 Å². The van der Waals surface area contributed by atoms with Crippen molar-refractivity contribution in [1.29, 1.82) is 0 Å². The monoisotopic (exact) mass is 298 g/mol. The van der Waals surface area contributed by atoms with Gasteiger partial charge in [-0.15, -0.1) is 0 Å². The van der Waals surface area contributed by atoms with Gasteiger partial charge in [0.2, 0.25) is 0 Å². The Balaban J connectivity index is 1.94. The standard InChI is InChI=1S/C13H22N4O2S/c1-13(2,3)19-12(18)17-6-4-5-16(7-8-17)11-15-9-10(14)20-11/h9H,4-8,14H2,1-3H3. The summed E-state index contributed by atoms with van der Waals surface area (Å²) in [6, 6.07) is 0. The van der Waals surface area contributed by atoms with Gasteiger partial charge in [-0.1, -0.05) is 11.3 Å². The van der Waals surface area contributed by atoms with Crippen molar-refractivity contribution in [3.05, 3.63) is 6.20 Å². The van der Waals surface area contributed by atoms with Gasteiger partial charge in [-0.25, -0.2) is 9.78 Å². The molecule has 0 unspecified atom stereocenters. The van der Waals surface area contributed by atoms with E-state index in [0.29, 0.717) is 18.1 Å². The predicted octanol–water partition coefficient (Wildman–Crippen LogP) is 2.17. The third-order valence-corrected chi connectivity index (χ3v) is 3.82. The lowest BCUT2D eigenvalue weighted by Gasteiger charge is -2.26. The molecule has 0 saturated carbocycles. The van der Waals surface area contributed by atoms with Crippen molar-refractivity contribution in [2.75, 3.05) is 36.8 Å². The molecular weight excluding hydrogens is 276 g/mol. The number of anilines is 2. The van der Waals surface area contributed by atoms with E-state index in [-0.39, 0.29) is 6.09 Å². The summed E-state index contributed by atoms with van der Waals surface area (Å²) in [5.74, 6) is 0. The molecular formula is C13H22N4O2S. The highest BCUT2D eigenvalue weighted by molar-refractivity contribution is 7.19. The van der Waals surface area contributed by atoms with Crippen LogP contribution in [0.2, 0.25) is 0 Å². The fraction of sp³-hybridized carbons (Fsp3) is 0.692. The van der Waals surface area contributed by atoms with Gasteiger partial charge in [-0.05, 0) is 27.2 Å². The Bertz CT molecular complexity index is 469. The van der Waals surface area contributed by atoms with E-state index < -0.39 is 5.60 Å². The Kier molecular flexibility index (Phi) is 4.37. The minimum atomic E-state index is -0.452. The van der Waals surface area contributed by atoms with Crippen LogP contribution < -0.4 is 10.6 Å². The van der Waals surface area contributed by atoms with Gasteiger partial charge in [-0.3, -0.25) is 0 Å². The van der Waals surface area contributed by atoms with Gasteiger partial charge in [0.15, 0.2) is 5.13 Å². The second kappa shape index (κ2) is 5.87. The summed E-state index contributed by atoms with van der Waals surface area (Å²) < 4.78 is 5.41. The predicted molar refractivity (Wildman–Crippen MR) is 81.2 cm³/mol. The number of rotatable bonds is 1. The fourth-order valence-electron chi connectivity index (χ4n) is 2.04. The summed E-state index contributed by atoms with van der Waals surface area (Å²) >= 11 is 1.48. The van der Waals surface area contributed by atoms with E-state index in [1.165, 1.54) is 11.3 Å². The normalized spacial score (nSPS) is 16.9. The van der Waals surface area contributed by atoms with E-state index in [1.54, 1.807) is 11.1 Å². The lowest BCUT2D eigenvalue weighted by Crippen LogP contribution is -2.39. The van der Waals surface area contributed by atoms with Gasteiger partial charge in [0.25, 0.3) is 0 Å². The Morgan fingerprint density at radius 1 is 1.35 bits per heavy atom. The minimum absolute atomic E-state index is 0.238. The van der Waals surface area contributed by atoms with Gasteiger partial charge in [0.1, 0.15) is 10.6 Å². The molecule has 1 aromatic rings. The average molecular weight is 298 g/mol. The number of carbonyl (C=O) groups excluding carboxylic acids is 1. The zero-order valence-electron chi connectivity index (χ0n) is 12.3. The third kappa shape index (κ3) is 4.00. The van der Waals surface area contributed by atoms with E-state index in [0.717, 1.165) is 24.6 Å². The number of hydrogen-bond donors (Lipinski definition) is 1. The molecule has 1 aliphatic heterocycles. The highest BCUT2D eigenvalue weighted by Gasteiger charge is 2.25. The number of ether oxygens (including phenoxy) is 1. The van der Waals surface area contributed by atoms with Crippen molar-refractivity contribution >= 4 is 27.6 Å². The summed E-state index contributed by atoms with van der Waals surface area (Å²) in [4.78, 5) is 20.3. The second-order valence-corrected chi connectivity index (χ2v) is 6.89. The molecule has 2 heterocycles. The number of nitrogens with zero attached hydrogens (tertiary/aromatic N) is 3. The first-order valence-corrected chi connectivity index (χ1v) is 7.61. The van der Waals surface area contributed by atoms with Crippen molar-refractivity contribution < 1.29 is 9.53 Å². The molecule has 2 rings (SSSR count). The van der Waals surface area contributed by atoms with Crippen LogP contribution in [-0.4, -0.2) is 47.8 Å². The molecule has 1 amide bonds. The van der Waals surface area contributed by atoms with Gasteiger partial charge in [-0.2, -0.15) is 0 Å². The van der Waals surface area contributed by atoms with E-state index in [9.17, 15) is 4.79 Å². The van der Waals surface area contributed by atoms with Crippen LogP contribution in [0.1, 0.15) is 27.2 Å². The fourth-order valence-corrected chi connectivity index (χ4v) is 2.77. The molecule has 1 saturated heterocycles. The molecule has 112 valence electrons. The van der Waals surface area contributed by atoms with Crippen molar-refractivity contribution in [3.8, 4) is 0 Å². The molecule has 0 radical (unpaired) electrons. The summed E-state index contributed by atoms with van der Waals surface area (Å²) in [6.45, 7) is 8.65. The molecule has 0 aromatic carbocycles. The zero-order chi connectivity index (χ0) is 14.8. The minimum Gasteiger partial charge on any atom is -0.444 e. The molecule has 0 spiro atoms. The number of aromatic nitrogens is 1. The van der Waals surface area contributed by atoms with E-state index in [4.69, 9.17) is 10.5 Å². The first-order valence-electron chi connectivity index (χ1n) is 6.79. The van der Waals surface area contributed by atoms with Crippen LogP contribution >= 0.6 is 11.3 Å². The molecule has 0 atom stereocenters. The zero-order valence-corrected chi connectivity index (χ0v) is 13.1. The van der Waals surface area contributed by atoms with Crippen LogP contribution in [0.3, 0.4) is 0 Å². The number of nitrogens with two attached hydrogens (primary N) is 1. The summed E-state index contributed by atoms with van der Waals surface area (Å²) in [5.41, 5.74) is 5.26. The molecule has 0 aliphatic carbocycles. The van der Waals surface area contributed by atoms with Crippen LogP contribution in [-0.2, 0) is 4.74 Å². The molecule has 6 nitrogen and oxygen atoms in total. The molecule has 2 N–H and O–H groups in total. The Labute approximate surface area is 123 Å². The van der Waals surface area contributed by atoms with Crippen molar-refractivity contribution in [1.82, 2.24) is 9.88 Å². The Hall–Kier alpha value is -1.50. The van der Waals surface area contributed by atoms with E-state index >= 15 is 0 Å². The van der Waals surface area contributed by atoms with Crippen LogP contribution in [0, 0.1) is 0 Å². The number of hydrogen-bond acceptors (Lipinski definition) is 6. The lowest BCUT2D eigenvalue weighted by molar-refractivity contribution is 0.0263. The SMILES string of the molecule is CC(C)(C)OC(=O)N1CCCN(c2ncc(N)s2)CC1. The number of carbonyl (C=O) groups is 1. The molecule has 1 fully saturated rings. The number of amides is 1. The number of nitrogen functional groups attached to an aromatic ring is 1. The summed E-state index contributed by atoms with van der Waals surface area (Å²) in [5, 5.41) is 1.64. The first kappa shape index (κ1) is 14.9. The van der Waals surface area contributed by atoms with Gasteiger partial charge in [0, 0.05) is 26.2 Å². The topological polar surface area (TPSA) is 71.7 Å². The van der Waals surface area contributed by atoms with Crippen LogP contribution in [0.15, 0.2) is 6.20 Å². The Morgan fingerprint density at radius 3 is 2.70 bits per heavy atom. The van der Waals surface area contributed by atoms with Crippen molar-refractivity contribution in [2.45, 2.75) is 32.8 Å². The maximum atomic E-state index is 12.1. The van der Waals surface area contributed by atoms with Crippen molar-refractivity contribution in [2.24, 2.45) is 0 Å².